The number of ether oxygens (including phenoxy) is 1. The van der Waals surface area contributed by atoms with Crippen LogP contribution < -0.4 is 10.1 Å². The van der Waals surface area contributed by atoms with Crippen LogP contribution in [0, 0.1) is 0 Å². The molecular weight excluding hydrogens is 378 g/mol. The van der Waals surface area contributed by atoms with Crippen LogP contribution in [0.2, 0.25) is 0 Å². The van der Waals surface area contributed by atoms with Crippen molar-refractivity contribution < 1.29 is 9.53 Å². The highest BCUT2D eigenvalue weighted by Gasteiger charge is 2.06. The van der Waals surface area contributed by atoms with Crippen molar-refractivity contribution >= 4 is 33.6 Å². The number of para-hydroxylation sites is 3. The Kier molecular flexibility index (Phi) is 5.65. The molecule has 3 aromatic carbocycles. The van der Waals surface area contributed by atoms with Crippen LogP contribution in [0.15, 0.2) is 89.4 Å². The van der Waals surface area contributed by atoms with Gasteiger partial charge in [-0.2, -0.15) is 0 Å². The summed E-state index contributed by atoms with van der Waals surface area (Å²) in [5.41, 5.74) is 1.57. The maximum Gasteiger partial charge on any atom is 0.248 e. The Morgan fingerprint density at radius 3 is 2.32 bits per heavy atom. The number of hydrogen-bond acceptors (Lipinski definition) is 2. The number of benzene rings is 3. The van der Waals surface area contributed by atoms with Gasteiger partial charge in [-0.3, -0.25) is 4.79 Å². The lowest BCUT2D eigenvalue weighted by Gasteiger charge is -2.11. The topological polar surface area (TPSA) is 38.3 Å². The van der Waals surface area contributed by atoms with E-state index in [2.05, 4.69) is 21.2 Å². The summed E-state index contributed by atoms with van der Waals surface area (Å²) in [6.45, 7) is 0. The van der Waals surface area contributed by atoms with Gasteiger partial charge in [0.25, 0.3) is 0 Å². The molecule has 0 saturated heterocycles. The summed E-state index contributed by atoms with van der Waals surface area (Å²) in [7, 11) is 0. The largest absolute Gasteiger partial charge is 0.455 e. The standard InChI is InChI=1S/C21H16BrNO2/c22-17-13-10-16(11-14-17)12-15-21(24)23-19-8-4-5-9-20(19)25-18-6-2-1-3-7-18/h1-15H,(H,23,24)/b15-12-. The number of rotatable bonds is 5. The van der Waals surface area contributed by atoms with Gasteiger partial charge in [0.2, 0.25) is 5.91 Å². The zero-order chi connectivity index (χ0) is 17.5. The van der Waals surface area contributed by atoms with Crippen LogP contribution in [0.1, 0.15) is 5.56 Å². The molecule has 0 spiro atoms. The molecule has 0 heterocycles. The van der Waals surface area contributed by atoms with Gasteiger partial charge in [-0.1, -0.05) is 58.4 Å². The molecule has 3 rings (SSSR count). The van der Waals surface area contributed by atoms with Crippen LogP contribution in [0.3, 0.4) is 0 Å². The molecule has 4 heteroatoms. The second-order valence-electron chi connectivity index (χ2n) is 5.29. The Labute approximate surface area is 155 Å². The fraction of sp³-hybridized carbons (Fsp3) is 0. The van der Waals surface area contributed by atoms with Crippen molar-refractivity contribution in [2.75, 3.05) is 5.32 Å². The van der Waals surface area contributed by atoms with Gasteiger partial charge in [0.05, 0.1) is 5.69 Å². The van der Waals surface area contributed by atoms with Crippen LogP contribution in [-0.4, -0.2) is 5.91 Å². The van der Waals surface area contributed by atoms with Crippen molar-refractivity contribution in [3.8, 4) is 11.5 Å². The van der Waals surface area contributed by atoms with E-state index in [-0.39, 0.29) is 5.91 Å². The van der Waals surface area contributed by atoms with Gasteiger partial charge in [-0.15, -0.1) is 0 Å². The third-order valence-electron chi connectivity index (χ3n) is 3.41. The van der Waals surface area contributed by atoms with E-state index in [0.29, 0.717) is 11.4 Å². The fourth-order valence-electron chi connectivity index (χ4n) is 2.19. The van der Waals surface area contributed by atoms with Crippen LogP contribution in [0.5, 0.6) is 11.5 Å². The molecule has 3 aromatic rings. The van der Waals surface area contributed by atoms with Crippen molar-refractivity contribution in [3.63, 3.8) is 0 Å². The van der Waals surface area contributed by atoms with Crippen molar-refractivity contribution in [1.29, 1.82) is 0 Å². The molecule has 0 atom stereocenters. The van der Waals surface area contributed by atoms with E-state index in [1.807, 2.05) is 78.9 Å². The van der Waals surface area contributed by atoms with Crippen molar-refractivity contribution in [3.05, 3.63) is 95.0 Å². The third kappa shape index (κ3) is 5.06. The molecule has 0 aromatic heterocycles. The summed E-state index contributed by atoms with van der Waals surface area (Å²) in [4.78, 5) is 12.2. The number of carbonyl (C=O) groups is 1. The predicted octanol–water partition coefficient (Wildman–Crippen LogP) is 5.89. The van der Waals surface area contributed by atoms with Crippen LogP contribution in [0.4, 0.5) is 5.69 Å². The van der Waals surface area contributed by atoms with Gasteiger partial charge >= 0.3 is 0 Å². The fourth-order valence-corrected chi connectivity index (χ4v) is 2.46. The monoisotopic (exact) mass is 393 g/mol. The zero-order valence-electron chi connectivity index (χ0n) is 13.4. The first-order valence-corrected chi connectivity index (χ1v) is 8.56. The minimum absolute atomic E-state index is 0.216. The smallest absolute Gasteiger partial charge is 0.248 e. The Morgan fingerprint density at radius 2 is 1.56 bits per heavy atom. The van der Waals surface area contributed by atoms with Gasteiger partial charge in [0.15, 0.2) is 5.75 Å². The second-order valence-corrected chi connectivity index (χ2v) is 6.20. The summed E-state index contributed by atoms with van der Waals surface area (Å²) < 4.78 is 6.84. The summed E-state index contributed by atoms with van der Waals surface area (Å²) in [6, 6.07) is 24.5. The molecule has 0 aliphatic rings. The maximum absolute atomic E-state index is 12.2. The summed E-state index contributed by atoms with van der Waals surface area (Å²) in [5, 5.41) is 2.85. The van der Waals surface area contributed by atoms with E-state index in [1.165, 1.54) is 6.08 Å². The minimum atomic E-state index is -0.216. The van der Waals surface area contributed by atoms with Crippen LogP contribution in [-0.2, 0) is 4.79 Å². The average molecular weight is 394 g/mol. The normalized spacial score (nSPS) is 10.6. The summed E-state index contributed by atoms with van der Waals surface area (Å²) in [5.74, 6) is 1.10. The van der Waals surface area contributed by atoms with Crippen molar-refractivity contribution in [2.45, 2.75) is 0 Å². The van der Waals surface area contributed by atoms with Gasteiger partial charge in [0, 0.05) is 10.5 Å². The molecule has 0 aliphatic heterocycles. The SMILES string of the molecule is O=C(/C=C\c1ccc(Br)cc1)Nc1ccccc1Oc1ccccc1. The van der Waals surface area contributed by atoms with E-state index in [1.54, 1.807) is 6.08 Å². The summed E-state index contributed by atoms with van der Waals surface area (Å²) in [6.07, 6.45) is 3.27. The number of anilines is 1. The first-order valence-electron chi connectivity index (χ1n) is 7.77. The predicted molar refractivity (Wildman–Crippen MR) is 105 cm³/mol. The lowest BCUT2D eigenvalue weighted by atomic mass is 10.2. The Bertz CT molecular complexity index is 874. The lowest BCUT2D eigenvalue weighted by Crippen LogP contribution is -2.08. The molecule has 0 bridgehead atoms. The number of carbonyl (C=O) groups excluding carboxylic acids is 1. The van der Waals surface area contributed by atoms with E-state index in [9.17, 15) is 4.79 Å². The van der Waals surface area contributed by atoms with E-state index in [4.69, 9.17) is 4.74 Å². The molecule has 0 fully saturated rings. The first kappa shape index (κ1) is 17.0. The number of hydrogen-bond donors (Lipinski definition) is 1. The molecular formula is C21H16BrNO2. The number of nitrogens with one attached hydrogen (secondary N) is 1. The first-order chi connectivity index (χ1) is 12.2. The molecule has 1 N–H and O–H groups in total. The van der Waals surface area contributed by atoms with Crippen LogP contribution >= 0.6 is 15.9 Å². The van der Waals surface area contributed by atoms with Crippen molar-refractivity contribution in [2.24, 2.45) is 0 Å². The quantitative estimate of drug-likeness (QED) is 0.548. The number of halogens is 1. The van der Waals surface area contributed by atoms with E-state index < -0.39 is 0 Å². The van der Waals surface area contributed by atoms with Gasteiger partial charge < -0.3 is 10.1 Å². The Hall–Kier alpha value is -2.85. The van der Waals surface area contributed by atoms with Gasteiger partial charge in [0.1, 0.15) is 5.75 Å². The molecule has 25 heavy (non-hydrogen) atoms. The van der Waals surface area contributed by atoms with Crippen molar-refractivity contribution in [1.82, 2.24) is 0 Å². The molecule has 124 valence electrons. The van der Waals surface area contributed by atoms with E-state index >= 15 is 0 Å². The Balaban J connectivity index is 1.70. The van der Waals surface area contributed by atoms with Gasteiger partial charge in [-0.25, -0.2) is 0 Å². The minimum Gasteiger partial charge on any atom is -0.455 e. The molecule has 1 amide bonds. The molecule has 0 radical (unpaired) electrons. The zero-order valence-corrected chi connectivity index (χ0v) is 14.9. The number of amides is 1. The third-order valence-corrected chi connectivity index (χ3v) is 3.94. The highest BCUT2D eigenvalue weighted by molar-refractivity contribution is 9.10. The summed E-state index contributed by atoms with van der Waals surface area (Å²) >= 11 is 3.39. The lowest BCUT2D eigenvalue weighted by molar-refractivity contribution is -0.111. The highest BCUT2D eigenvalue weighted by atomic mass is 79.9. The molecule has 3 nitrogen and oxygen atoms in total. The van der Waals surface area contributed by atoms with Gasteiger partial charge in [-0.05, 0) is 48.0 Å². The van der Waals surface area contributed by atoms with E-state index in [0.717, 1.165) is 15.8 Å². The highest BCUT2D eigenvalue weighted by Crippen LogP contribution is 2.29. The van der Waals surface area contributed by atoms with Crippen LogP contribution in [0.25, 0.3) is 6.08 Å². The second kappa shape index (κ2) is 8.31. The molecule has 0 saturated carbocycles. The molecule has 0 aliphatic carbocycles. The molecule has 0 unspecified atom stereocenters. The Morgan fingerprint density at radius 1 is 0.880 bits per heavy atom. The maximum atomic E-state index is 12.2. The average Bonchev–Trinajstić information content (AvgIpc) is 2.64.